The van der Waals surface area contributed by atoms with Crippen LogP contribution in [0.3, 0.4) is 0 Å². The molecule has 0 aliphatic carbocycles. The maximum absolute atomic E-state index is 9.49. The summed E-state index contributed by atoms with van der Waals surface area (Å²) >= 11 is 0. The van der Waals surface area contributed by atoms with Gasteiger partial charge in [-0.3, -0.25) is 0 Å². The summed E-state index contributed by atoms with van der Waals surface area (Å²) < 4.78 is 5.19. The van der Waals surface area contributed by atoms with Crippen LogP contribution in [0.4, 0.5) is 0 Å². The van der Waals surface area contributed by atoms with E-state index in [1.165, 1.54) is 6.92 Å². The van der Waals surface area contributed by atoms with Gasteiger partial charge in [0, 0.05) is 6.61 Å². The summed E-state index contributed by atoms with van der Waals surface area (Å²) in [6, 6.07) is -0.662. The lowest BCUT2D eigenvalue weighted by Gasteiger charge is -2.36. The molecule has 1 aliphatic heterocycles. The normalized spacial score (nSPS) is 39.9. The average Bonchev–Trinajstić information content (AvgIpc) is 2.08. The smallest absolute Gasteiger partial charge is 0.108 e. The Balaban J connectivity index is 2.57. The summed E-state index contributed by atoms with van der Waals surface area (Å²) in [4.78, 5) is 0. The zero-order chi connectivity index (χ0) is 10.0. The van der Waals surface area contributed by atoms with Crippen molar-refractivity contribution >= 4 is 0 Å². The first-order valence-electron chi connectivity index (χ1n) is 4.45. The third-order valence-electron chi connectivity index (χ3n) is 2.39. The lowest BCUT2D eigenvalue weighted by molar-refractivity contribution is -0.150. The van der Waals surface area contributed by atoms with Gasteiger partial charge >= 0.3 is 0 Å². The molecule has 5 unspecified atom stereocenters. The highest BCUT2D eigenvalue weighted by atomic mass is 16.5. The average molecular weight is 191 g/mol. The summed E-state index contributed by atoms with van der Waals surface area (Å²) in [5.41, 5.74) is 5.60. The molecule has 0 saturated carbocycles. The molecule has 1 saturated heterocycles. The molecule has 78 valence electrons. The van der Waals surface area contributed by atoms with Gasteiger partial charge in [0.15, 0.2) is 0 Å². The van der Waals surface area contributed by atoms with Crippen molar-refractivity contribution in [1.29, 1.82) is 0 Å². The topological polar surface area (TPSA) is 95.9 Å². The zero-order valence-corrected chi connectivity index (χ0v) is 7.63. The minimum atomic E-state index is -1.00. The molecule has 5 heteroatoms. The molecule has 0 aromatic rings. The molecular weight excluding hydrogens is 174 g/mol. The third kappa shape index (κ3) is 2.38. The van der Waals surface area contributed by atoms with Crippen molar-refractivity contribution in [1.82, 2.24) is 0 Å². The van der Waals surface area contributed by atoms with E-state index in [0.717, 1.165) is 0 Å². The second-order valence-electron chi connectivity index (χ2n) is 3.50. The van der Waals surface area contributed by atoms with Crippen molar-refractivity contribution in [3.8, 4) is 0 Å². The Hall–Kier alpha value is -0.200. The molecule has 0 bridgehead atoms. The van der Waals surface area contributed by atoms with Gasteiger partial charge in [-0.25, -0.2) is 0 Å². The molecule has 0 radical (unpaired) electrons. The molecule has 5 nitrogen and oxygen atoms in total. The van der Waals surface area contributed by atoms with E-state index in [4.69, 9.17) is 10.5 Å². The zero-order valence-electron chi connectivity index (χ0n) is 7.63. The van der Waals surface area contributed by atoms with E-state index >= 15 is 0 Å². The molecule has 5 N–H and O–H groups in total. The molecule has 0 aromatic carbocycles. The Bertz CT molecular complexity index is 160. The number of nitrogens with two attached hydrogens (primary N) is 1. The van der Waals surface area contributed by atoms with Gasteiger partial charge in [-0.15, -0.1) is 0 Å². The van der Waals surface area contributed by atoms with Crippen LogP contribution in [0.15, 0.2) is 0 Å². The van der Waals surface area contributed by atoms with Gasteiger partial charge in [0.05, 0.1) is 18.2 Å². The van der Waals surface area contributed by atoms with Crippen LogP contribution in [0.25, 0.3) is 0 Å². The van der Waals surface area contributed by atoms with Crippen LogP contribution in [-0.4, -0.2) is 52.4 Å². The highest BCUT2D eigenvalue weighted by Gasteiger charge is 2.37. The molecular formula is C8H17NO4. The highest BCUT2D eigenvalue weighted by molar-refractivity contribution is 4.90. The maximum Gasteiger partial charge on any atom is 0.108 e. The van der Waals surface area contributed by atoms with Gasteiger partial charge in [-0.1, -0.05) is 0 Å². The van der Waals surface area contributed by atoms with E-state index in [0.29, 0.717) is 13.0 Å². The molecule has 5 atom stereocenters. The molecule has 1 rings (SSSR count). The minimum absolute atomic E-state index is 0.364. The Morgan fingerprint density at radius 2 is 2.08 bits per heavy atom. The van der Waals surface area contributed by atoms with Gasteiger partial charge in [-0.2, -0.15) is 0 Å². The predicted molar refractivity (Wildman–Crippen MR) is 46.0 cm³/mol. The number of hydrogen-bond donors (Lipinski definition) is 4. The van der Waals surface area contributed by atoms with Crippen molar-refractivity contribution in [3.05, 3.63) is 0 Å². The summed E-state index contributed by atoms with van der Waals surface area (Å²) in [5.74, 6) is 0. The maximum atomic E-state index is 9.49. The van der Waals surface area contributed by atoms with E-state index in [1.807, 2.05) is 0 Å². The lowest BCUT2D eigenvalue weighted by atomic mass is 9.94. The fraction of sp³-hybridized carbons (Fsp3) is 1.00. The molecule has 0 spiro atoms. The number of hydrogen-bond acceptors (Lipinski definition) is 5. The van der Waals surface area contributed by atoms with Crippen LogP contribution in [0, 0.1) is 0 Å². The van der Waals surface area contributed by atoms with Gasteiger partial charge < -0.3 is 25.8 Å². The first kappa shape index (κ1) is 10.9. The Kier molecular flexibility index (Phi) is 3.63. The molecule has 13 heavy (non-hydrogen) atoms. The molecule has 1 heterocycles. The predicted octanol–water partition coefficient (Wildman–Crippen LogP) is -1.79. The Morgan fingerprint density at radius 3 is 2.62 bits per heavy atom. The first-order chi connectivity index (χ1) is 6.04. The highest BCUT2D eigenvalue weighted by Crippen LogP contribution is 2.18. The largest absolute Gasteiger partial charge is 0.392 e. The lowest BCUT2D eigenvalue weighted by Crippen LogP contribution is -2.56. The molecule has 1 aliphatic rings. The fourth-order valence-electron chi connectivity index (χ4n) is 1.43. The molecule has 0 aromatic heterocycles. The summed E-state index contributed by atoms with van der Waals surface area (Å²) in [6.45, 7) is 1.89. The summed E-state index contributed by atoms with van der Waals surface area (Å²) in [6.07, 6.45) is -2.83. The SMILES string of the molecule is CC(O)C(N)C1OCCC(O)C1O. The van der Waals surface area contributed by atoms with E-state index in [9.17, 15) is 15.3 Å². The standard InChI is InChI=1S/C8H17NO4/c1-4(10)6(9)8-7(12)5(11)2-3-13-8/h4-8,10-12H,2-3,9H2,1H3. The van der Waals surface area contributed by atoms with Crippen molar-refractivity contribution in [2.75, 3.05) is 6.61 Å². The quantitative estimate of drug-likeness (QED) is 0.413. The van der Waals surface area contributed by atoms with Crippen LogP contribution >= 0.6 is 0 Å². The molecule has 1 fully saturated rings. The van der Waals surface area contributed by atoms with Gasteiger partial charge in [0.2, 0.25) is 0 Å². The van der Waals surface area contributed by atoms with Gasteiger partial charge in [0.25, 0.3) is 0 Å². The van der Waals surface area contributed by atoms with Gasteiger partial charge in [0.1, 0.15) is 12.2 Å². The fourth-order valence-corrected chi connectivity index (χ4v) is 1.43. The van der Waals surface area contributed by atoms with Crippen molar-refractivity contribution in [2.45, 2.75) is 43.8 Å². The van der Waals surface area contributed by atoms with Crippen LogP contribution in [0.2, 0.25) is 0 Å². The van der Waals surface area contributed by atoms with Crippen LogP contribution < -0.4 is 5.73 Å². The second-order valence-corrected chi connectivity index (χ2v) is 3.50. The number of rotatable bonds is 2. The molecule has 0 amide bonds. The second kappa shape index (κ2) is 4.34. The summed E-state index contributed by atoms with van der Waals surface area (Å²) in [7, 11) is 0. The first-order valence-corrected chi connectivity index (χ1v) is 4.45. The monoisotopic (exact) mass is 191 g/mol. The van der Waals surface area contributed by atoms with Crippen molar-refractivity contribution in [3.63, 3.8) is 0 Å². The summed E-state index contributed by atoms with van der Waals surface area (Å²) in [5, 5.41) is 28.0. The number of ether oxygens (including phenoxy) is 1. The van der Waals surface area contributed by atoms with Crippen LogP contribution in [-0.2, 0) is 4.74 Å². The number of aliphatic hydroxyl groups excluding tert-OH is 3. The van der Waals surface area contributed by atoms with Crippen molar-refractivity contribution in [2.24, 2.45) is 5.73 Å². The van der Waals surface area contributed by atoms with Crippen LogP contribution in [0.5, 0.6) is 0 Å². The van der Waals surface area contributed by atoms with E-state index in [1.54, 1.807) is 0 Å². The Labute approximate surface area is 77.1 Å². The number of aliphatic hydroxyl groups is 3. The van der Waals surface area contributed by atoms with E-state index in [-0.39, 0.29) is 0 Å². The van der Waals surface area contributed by atoms with Crippen molar-refractivity contribution < 1.29 is 20.1 Å². The minimum Gasteiger partial charge on any atom is -0.392 e. The van der Waals surface area contributed by atoms with Crippen LogP contribution in [0.1, 0.15) is 13.3 Å². The Morgan fingerprint density at radius 1 is 1.46 bits per heavy atom. The third-order valence-corrected chi connectivity index (χ3v) is 2.39. The van der Waals surface area contributed by atoms with E-state index < -0.39 is 30.5 Å². The van der Waals surface area contributed by atoms with E-state index in [2.05, 4.69) is 0 Å². The van der Waals surface area contributed by atoms with Gasteiger partial charge in [-0.05, 0) is 13.3 Å².